The summed E-state index contributed by atoms with van der Waals surface area (Å²) in [5.74, 6) is 0.463. The fourth-order valence-electron chi connectivity index (χ4n) is 3.17. The number of H-pyrrole nitrogens is 1. The Kier molecular flexibility index (Phi) is 4.88. The summed E-state index contributed by atoms with van der Waals surface area (Å²) in [7, 11) is 0. The molecular formula is C20H19N5O4. The van der Waals surface area contributed by atoms with Gasteiger partial charge in [-0.1, -0.05) is 30.3 Å². The molecule has 0 amide bonds. The molecule has 3 aromatic rings. The van der Waals surface area contributed by atoms with Gasteiger partial charge in [-0.3, -0.25) is 20.4 Å². The maximum Gasteiger partial charge on any atom is 0.307 e. The van der Waals surface area contributed by atoms with Gasteiger partial charge in [0.05, 0.1) is 18.6 Å². The standard InChI is InChI=1S/C20H19N5O4/c1-2-29-15-10-13(12-5-3-4-11(8-12)9-16(26)27)6-7-14(15)18-21-19-17(20(28)22-18)23-25-24-19/h3-8,10,23,25H,2,9H2,1H3,(H,26,27)(H2,21,22,24,28). The molecule has 9 heteroatoms. The molecule has 0 atom stereocenters. The molecule has 0 fully saturated rings. The molecule has 0 unspecified atom stereocenters. The number of aliphatic carboxylic acids is 1. The van der Waals surface area contributed by atoms with Crippen molar-refractivity contribution in [1.82, 2.24) is 15.5 Å². The van der Waals surface area contributed by atoms with Gasteiger partial charge in [-0.2, -0.15) is 0 Å². The van der Waals surface area contributed by atoms with Crippen molar-refractivity contribution in [2.75, 3.05) is 17.5 Å². The Labute approximate surface area is 165 Å². The minimum absolute atomic E-state index is 0.0421. The molecular weight excluding hydrogens is 374 g/mol. The van der Waals surface area contributed by atoms with Crippen LogP contribution in [0.25, 0.3) is 22.5 Å². The van der Waals surface area contributed by atoms with Crippen LogP contribution in [0, 0.1) is 0 Å². The van der Waals surface area contributed by atoms with Crippen molar-refractivity contribution in [2.45, 2.75) is 13.3 Å². The summed E-state index contributed by atoms with van der Waals surface area (Å²) >= 11 is 0. The Morgan fingerprint density at radius 3 is 2.76 bits per heavy atom. The monoisotopic (exact) mass is 393 g/mol. The summed E-state index contributed by atoms with van der Waals surface area (Å²) in [5.41, 5.74) is 11.2. The number of rotatable bonds is 6. The van der Waals surface area contributed by atoms with Crippen molar-refractivity contribution in [1.29, 1.82) is 0 Å². The Balaban J connectivity index is 1.76. The highest BCUT2D eigenvalue weighted by Gasteiger charge is 2.19. The van der Waals surface area contributed by atoms with Gasteiger partial charge in [0, 0.05) is 0 Å². The zero-order chi connectivity index (χ0) is 20.4. The van der Waals surface area contributed by atoms with Crippen molar-refractivity contribution in [2.24, 2.45) is 0 Å². The highest BCUT2D eigenvalue weighted by molar-refractivity contribution is 5.77. The van der Waals surface area contributed by atoms with E-state index < -0.39 is 5.97 Å². The molecule has 2 aromatic carbocycles. The third kappa shape index (κ3) is 3.76. The number of ether oxygens (including phenoxy) is 1. The largest absolute Gasteiger partial charge is 0.493 e. The molecule has 9 nitrogen and oxygen atoms in total. The number of carbonyl (C=O) groups is 1. The topological polar surface area (TPSA) is 128 Å². The Bertz CT molecular complexity index is 1140. The van der Waals surface area contributed by atoms with E-state index in [9.17, 15) is 9.59 Å². The number of nitrogens with zero attached hydrogens (tertiary/aromatic N) is 1. The first kappa shape index (κ1) is 18.5. The maximum atomic E-state index is 12.3. The second kappa shape index (κ2) is 7.64. The van der Waals surface area contributed by atoms with Crippen LogP contribution in [0.4, 0.5) is 11.5 Å². The zero-order valence-corrected chi connectivity index (χ0v) is 15.6. The summed E-state index contributed by atoms with van der Waals surface area (Å²) in [6.07, 6.45) is -0.0421. The van der Waals surface area contributed by atoms with Crippen LogP contribution in [0.5, 0.6) is 5.75 Å². The minimum atomic E-state index is -0.878. The first-order valence-corrected chi connectivity index (χ1v) is 9.05. The van der Waals surface area contributed by atoms with Crippen molar-refractivity contribution in [3.63, 3.8) is 0 Å². The number of anilines is 2. The number of hydrogen-bond acceptors (Lipinski definition) is 7. The van der Waals surface area contributed by atoms with E-state index in [4.69, 9.17) is 9.84 Å². The van der Waals surface area contributed by atoms with E-state index in [0.717, 1.165) is 11.1 Å². The summed E-state index contributed by atoms with van der Waals surface area (Å²) in [5, 5.41) is 9.02. The molecule has 5 N–H and O–H groups in total. The maximum absolute atomic E-state index is 12.3. The molecule has 0 spiro atoms. The molecule has 1 aromatic heterocycles. The van der Waals surface area contributed by atoms with Gasteiger partial charge in [0.15, 0.2) is 11.5 Å². The molecule has 0 radical (unpaired) electrons. The molecule has 29 heavy (non-hydrogen) atoms. The number of carboxylic acid groups (broad SMARTS) is 1. The molecule has 0 saturated heterocycles. The summed E-state index contributed by atoms with van der Waals surface area (Å²) in [6.45, 7) is 2.31. The highest BCUT2D eigenvalue weighted by atomic mass is 16.5. The SMILES string of the molecule is CCOc1cc(-c2cccc(CC(=O)O)c2)ccc1-c1nc2c(c(=O)[nH]1)NNN2. The van der Waals surface area contributed by atoms with E-state index in [2.05, 4.69) is 26.4 Å². The van der Waals surface area contributed by atoms with Crippen molar-refractivity contribution in [3.8, 4) is 28.3 Å². The lowest BCUT2D eigenvalue weighted by atomic mass is 10.00. The van der Waals surface area contributed by atoms with Gasteiger partial charge < -0.3 is 14.8 Å². The number of nitrogens with one attached hydrogen (secondary N) is 4. The Morgan fingerprint density at radius 2 is 1.97 bits per heavy atom. The third-order valence-electron chi connectivity index (χ3n) is 4.44. The van der Waals surface area contributed by atoms with E-state index in [1.807, 2.05) is 43.3 Å². The van der Waals surface area contributed by atoms with Crippen LogP contribution in [0.3, 0.4) is 0 Å². The van der Waals surface area contributed by atoms with Crippen LogP contribution in [0.1, 0.15) is 12.5 Å². The lowest BCUT2D eigenvalue weighted by Crippen LogP contribution is -2.21. The van der Waals surface area contributed by atoms with E-state index in [1.165, 1.54) is 0 Å². The fraction of sp³-hybridized carbons (Fsp3) is 0.150. The van der Waals surface area contributed by atoms with Crippen LogP contribution in [-0.4, -0.2) is 27.7 Å². The molecule has 0 saturated carbocycles. The zero-order valence-electron chi connectivity index (χ0n) is 15.6. The quantitative estimate of drug-likeness (QED) is 0.432. The van der Waals surface area contributed by atoms with Gasteiger partial charge in [-0.25, -0.2) is 4.98 Å². The van der Waals surface area contributed by atoms with Crippen LogP contribution >= 0.6 is 0 Å². The van der Waals surface area contributed by atoms with Gasteiger partial charge in [0.1, 0.15) is 11.6 Å². The van der Waals surface area contributed by atoms with Crippen LogP contribution < -0.4 is 26.7 Å². The van der Waals surface area contributed by atoms with Crippen LogP contribution in [0.15, 0.2) is 47.3 Å². The molecule has 2 heterocycles. The Morgan fingerprint density at radius 1 is 1.14 bits per heavy atom. The van der Waals surface area contributed by atoms with Gasteiger partial charge in [0.2, 0.25) is 0 Å². The number of benzene rings is 2. The van der Waals surface area contributed by atoms with Crippen molar-refractivity contribution in [3.05, 3.63) is 58.4 Å². The number of fused-ring (bicyclic) bond motifs is 1. The third-order valence-corrected chi connectivity index (χ3v) is 4.44. The minimum Gasteiger partial charge on any atom is -0.493 e. The predicted octanol–water partition coefficient (Wildman–Crippen LogP) is 2.39. The smallest absolute Gasteiger partial charge is 0.307 e. The normalized spacial score (nSPS) is 12.0. The lowest BCUT2D eigenvalue weighted by Gasteiger charge is -2.13. The molecule has 1 aliphatic heterocycles. The van der Waals surface area contributed by atoms with Gasteiger partial charge in [-0.05, 0) is 35.7 Å². The predicted molar refractivity (Wildman–Crippen MR) is 109 cm³/mol. The van der Waals surface area contributed by atoms with Gasteiger partial charge >= 0.3 is 5.97 Å². The number of hydrogen-bond donors (Lipinski definition) is 5. The van der Waals surface area contributed by atoms with Gasteiger partial charge in [0.25, 0.3) is 5.56 Å². The highest BCUT2D eigenvalue weighted by Crippen LogP contribution is 2.34. The molecule has 4 rings (SSSR count). The number of aromatic amines is 1. The molecule has 0 bridgehead atoms. The average Bonchev–Trinajstić information content (AvgIpc) is 3.17. The molecule has 148 valence electrons. The fourth-order valence-corrected chi connectivity index (χ4v) is 3.17. The van der Waals surface area contributed by atoms with Gasteiger partial charge in [-0.15, -0.1) is 5.53 Å². The Hall–Kier alpha value is -3.85. The second-order valence-corrected chi connectivity index (χ2v) is 6.43. The average molecular weight is 393 g/mol. The van der Waals surface area contributed by atoms with E-state index in [-0.39, 0.29) is 12.0 Å². The first-order valence-electron chi connectivity index (χ1n) is 9.05. The molecule has 1 aliphatic rings. The van der Waals surface area contributed by atoms with Crippen molar-refractivity contribution >= 4 is 17.5 Å². The number of hydrazine groups is 2. The molecule has 0 aliphatic carbocycles. The second-order valence-electron chi connectivity index (χ2n) is 6.43. The van der Waals surface area contributed by atoms with Crippen molar-refractivity contribution < 1.29 is 14.6 Å². The lowest BCUT2D eigenvalue weighted by molar-refractivity contribution is -0.136. The first-order chi connectivity index (χ1) is 14.0. The number of aromatic nitrogens is 2. The van der Waals surface area contributed by atoms with E-state index >= 15 is 0 Å². The van der Waals surface area contributed by atoms with Crippen LogP contribution in [0.2, 0.25) is 0 Å². The summed E-state index contributed by atoms with van der Waals surface area (Å²) in [4.78, 5) is 30.5. The van der Waals surface area contributed by atoms with E-state index in [0.29, 0.717) is 40.8 Å². The number of carboxylic acids is 1. The summed E-state index contributed by atoms with van der Waals surface area (Å²) in [6, 6.07) is 12.9. The van der Waals surface area contributed by atoms with Crippen LogP contribution in [-0.2, 0) is 11.2 Å². The summed E-state index contributed by atoms with van der Waals surface area (Å²) < 4.78 is 5.80. The van der Waals surface area contributed by atoms with E-state index in [1.54, 1.807) is 6.07 Å².